The Morgan fingerprint density at radius 1 is 1.00 bits per heavy atom. The van der Waals surface area contributed by atoms with Crippen LogP contribution < -0.4 is 5.32 Å². The van der Waals surface area contributed by atoms with Crippen LogP contribution in [-0.4, -0.2) is 13.1 Å². The Morgan fingerprint density at radius 2 is 1.70 bits per heavy atom. The first-order chi connectivity index (χ1) is 9.66. The lowest BCUT2D eigenvalue weighted by molar-refractivity contribution is 0.386. The van der Waals surface area contributed by atoms with Crippen molar-refractivity contribution in [1.82, 2.24) is 5.32 Å². The maximum atomic E-state index is 3.59. The molecule has 0 bridgehead atoms. The number of likely N-dealkylation sites (N-methyl/N-ethyl adjacent to an activating group) is 1. The van der Waals surface area contributed by atoms with E-state index in [1.807, 2.05) is 0 Å². The minimum atomic E-state index is 0.126. The van der Waals surface area contributed by atoms with Crippen LogP contribution in [0.5, 0.6) is 0 Å². The zero-order valence-corrected chi connectivity index (χ0v) is 13.3. The molecule has 0 spiro atoms. The van der Waals surface area contributed by atoms with Crippen molar-refractivity contribution in [2.75, 3.05) is 7.05 Å². The molecule has 110 valence electrons. The minimum absolute atomic E-state index is 0.126. The van der Waals surface area contributed by atoms with E-state index in [4.69, 9.17) is 0 Å². The lowest BCUT2D eigenvalue weighted by atomic mass is 9.73. The quantitative estimate of drug-likeness (QED) is 0.773. The van der Waals surface area contributed by atoms with Crippen molar-refractivity contribution in [3.63, 3.8) is 0 Å². The Labute approximate surface area is 124 Å². The second kappa shape index (κ2) is 7.08. The van der Waals surface area contributed by atoms with E-state index >= 15 is 0 Å². The molecule has 1 aliphatic carbocycles. The first-order valence-electron chi connectivity index (χ1n) is 8.08. The highest BCUT2D eigenvalue weighted by Gasteiger charge is 2.32. The molecule has 20 heavy (non-hydrogen) atoms. The summed E-state index contributed by atoms with van der Waals surface area (Å²) in [6, 6.07) is 11.3. The Hall–Kier alpha value is -1.08. The highest BCUT2D eigenvalue weighted by atomic mass is 14.9. The normalized spacial score (nSPS) is 21.4. The highest BCUT2D eigenvalue weighted by Crippen LogP contribution is 2.33. The lowest BCUT2D eigenvalue weighted by Gasteiger charge is -2.37. The van der Waals surface area contributed by atoms with E-state index < -0.39 is 0 Å². The van der Waals surface area contributed by atoms with Gasteiger partial charge >= 0.3 is 0 Å². The molecule has 1 aromatic carbocycles. The predicted octanol–water partition coefficient (Wildman–Crippen LogP) is 4.83. The smallest absolute Gasteiger partial charge is 0.0369 e. The molecule has 0 fully saturated rings. The summed E-state index contributed by atoms with van der Waals surface area (Å²) in [4.78, 5) is 0. The van der Waals surface area contributed by atoms with Crippen LogP contribution in [0, 0.1) is 0 Å². The van der Waals surface area contributed by atoms with Gasteiger partial charge in [0.15, 0.2) is 0 Å². The number of allylic oxidation sites excluding steroid dienone is 1. The molecule has 1 unspecified atom stereocenters. The maximum Gasteiger partial charge on any atom is 0.0369 e. The molecule has 1 heteroatoms. The van der Waals surface area contributed by atoms with Gasteiger partial charge in [0.05, 0.1) is 0 Å². The molecule has 0 aliphatic heterocycles. The van der Waals surface area contributed by atoms with Crippen molar-refractivity contribution in [2.24, 2.45) is 0 Å². The lowest BCUT2D eigenvalue weighted by Crippen LogP contribution is -2.44. The number of hydrogen-bond acceptors (Lipinski definition) is 1. The molecule has 1 aromatic rings. The summed E-state index contributed by atoms with van der Waals surface area (Å²) in [5.74, 6) is 0. The molecule has 0 heterocycles. The topological polar surface area (TPSA) is 12.0 Å². The second-order valence-corrected chi connectivity index (χ2v) is 6.54. The van der Waals surface area contributed by atoms with E-state index in [0.29, 0.717) is 6.04 Å². The zero-order chi connectivity index (χ0) is 14.4. The van der Waals surface area contributed by atoms with Crippen LogP contribution in [0.1, 0.15) is 57.9 Å². The average molecular weight is 271 g/mol. The molecule has 0 amide bonds. The number of benzene rings is 1. The van der Waals surface area contributed by atoms with E-state index in [-0.39, 0.29) is 5.41 Å². The van der Waals surface area contributed by atoms with Crippen molar-refractivity contribution < 1.29 is 0 Å². The van der Waals surface area contributed by atoms with Crippen molar-refractivity contribution in [3.8, 4) is 0 Å². The highest BCUT2D eigenvalue weighted by molar-refractivity contribution is 5.31. The molecule has 1 nitrogen and oxygen atoms in total. The summed E-state index contributed by atoms with van der Waals surface area (Å²) in [6.07, 6.45) is 10.5. The van der Waals surface area contributed by atoms with E-state index in [1.54, 1.807) is 5.57 Å². The molecular formula is C19H29N. The Balaban J connectivity index is 2.25. The van der Waals surface area contributed by atoms with Gasteiger partial charge in [0.2, 0.25) is 0 Å². The van der Waals surface area contributed by atoms with E-state index in [1.165, 1.54) is 44.1 Å². The Morgan fingerprint density at radius 3 is 2.40 bits per heavy atom. The first kappa shape index (κ1) is 15.3. The average Bonchev–Trinajstić information content (AvgIpc) is 2.42. The van der Waals surface area contributed by atoms with E-state index in [2.05, 4.69) is 62.6 Å². The van der Waals surface area contributed by atoms with Crippen LogP contribution in [-0.2, 0) is 5.41 Å². The first-order valence-corrected chi connectivity index (χ1v) is 8.08. The van der Waals surface area contributed by atoms with Gasteiger partial charge in [0.1, 0.15) is 0 Å². The van der Waals surface area contributed by atoms with Gasteiger partial charge in [0, 0.05) is 11.5 Å². The third-order valence-electron chi connectivity index (χ3n) is 4.73. The summed E-state index contributed by atoms with van der Waals surface area (Å²) in [5.41, 5.74) is 3.16. The number of nitrogens with one attached hydrogen (secondary N) is 1. The van der Waals surface area contributed by atoms with E-state index in [9.17, 15) is 0 Å². The molecule has 1 aliphatic rings. The van der Waals surface area contributed by atoms with Crippen LogP contribution in [0.25, 0.3) is 0 Å². The number of rotatable bonds is 4. The predicted molar refractivity (Wildman–Crippen MR) is 88.1 cm³/mol. The van der Waals surface area contributed by atoms with Crippen LogP contribution in [0.15, 0.2) is 42.0 Å². The van der Waals surface area contributed by atoms with Crippen molar-refractivity contribution in [1.29, 1.82) is 0 Å². The van der Waals surface area contributed by atoms with Gasteiger partial charge in [-0.2, -0.15) is 0 Å². The van der Waals surface area contributed by atoms with Crippen molar-refractivity contribution >= 4 is 0 Å². The van der Waals surface area contributed by atoms with Gasteiger partial charge in [-0.05, 0) is 38.3 Å². The second-order valence-electron chi connectivity index (χ2n) is 6.54. The molecule has 1 atom stereocenters. The zero-order valence-electron chi connectivity index (χ0n) is 13.3. The molecule has 1 N–H and O–H groups in total. The SMILES string of the molecule is CNC(/C1=C/CCCCCC1)C(C)(C)c1ccccc1. The molecule has 0 aromatic heterocycles. The largest absolute Gasteiger partial charge is 0.313 e. The molecule has 2 rings (SSSR count). The van der Waals surface area contributed by atoms with Crippen LogP contribution in [0.2, 0.25) is 0 Å². The summed E-state index contributed by atoms with van der Waals surface area (Å²) < 4.78 is 0. The Bertz CT molecular complexity index is 430. The van der Waals surface area contributed by atoms with Crippen molar-refractivity contribution in [3.05, 3.63) is 47.5 Å². The summed E-state index contributed by atoms with van der Waals surface area (Å²) in [5, 5.41) is 3.59. The van der Waals surface area contributed by atoms with Gasteiger partial charge in [-0.1, -0.05) is 68.7 Å². The summed E-state index contributed by atoms with van der Waals surface area (Å²) >= 11 is 0. The minimum Gasteiger partial charge on any atom is -0.313 e. The monoisotopic (exact) mass is 271 g/mol. The van der Waals surface area contributed by atoms with Crippen LogP contribution >= 0.6 is 0 Å². The number of hydrogen-bond donors (Lipinski definition) is 1. The maximum absolute atomic E-state index is 3.59. The summed E-state index contributed by atoms with van der Waals surface area (Å²) in [6.45, 7) is 4.73. The standard InChI is InChI=1S/C19H29N/c1-19(2,17-14-10-7-11-15-17)18(20-3)16-12-8-5-4-6-9-13-16/h7,10-12,14-15,18,20H,4-6,8-9,13H2,1-3H3/b16-12+. The van der Waals surface area contributed by atoms with Crippen LogP contribution in [0.3, 0.4) is 0 Å². The fourth-order valence-corrected chi connectivity index (χ4v) is 3.52. The fourth-order valence-electron chi connectivity index (χ4n) is 3.52. The Kier molecular flexibility index (Phi) is 5.42. The van der Waals surface area contributed by atoms with Gasteiger partial charge in [0.25, 0.3) is 0 Å². The van der Waals surface area contributed by atoms with Gasteiger partial charge in [-0.3, -0.25) is 0 Å². The fraction of sp³-hybridized carbons (Fsp3) is 0.579. The van der Waals surface area contributed by atoms with Crippen LogP contribution in [0.4, 0.5) is 0 Å². The molecular weight excluding hydrogens is 242 g/mol. The molecule has 0 saturated heterocycles. The van der Waals surface area contributed by atoms with Gasteiger partial charge in [-0.15, -0.1) is 0 Å². The molecule has 0 saturated carbocycles. The third kappa shape index (κ3) is 3.52. The van der Waals surface area contributed by atoms with Gasteiger partial charge in [-0.25, -0.2) is 0 Å². The van der Waals surface area contributed by atoms with Crippen molar-refractivity contribution in [2.45, 2.75) is 63.8 Å². The molecule has 0 radical (unpaired) electrons. The summed E-state index contributed by atoms with van der Waals surface area (Å²) in [7, 11) is 2.11. The van der Waals surface area contributed by atoms with E-state index in [0.717, 1.165) is 0 Å². The third-order valence-corrected chi connectivity index (χ3v) is 4.73. The van der Waals surface area contributed by atoms with Gasteiger partial charge < -0.3 is 5.32 Å².